The number of para-hydroxylation sites is 2. The molecule has 5 aromatic heterocycles. The average Bonchev–Trinajstić information content (AvgIpc) is 3.88. The maximum Gasteiger partial charge on any atom is 0.164 e. The molecule has 0 radical (unpaired) electrons. The lowest BCUT2D eigenvalue weighted by molar-refractivity contribution is 1.06. The Morgan fingerprint density at radius 2 is 0.754 bits per heavy atom. The van der Waals surface area contributed by atoms with Gasteiger partial charge in [-0.15, -0.1) is 0 Å². The number of aromatic nitrogens is 7. The summed E-state index contributed by atoms with van der Waals surface area (Å²) in [4.78, 5) is 28.1. The third-order valence-electron chi connectivity index (χ3n) is 12.2. The molecule has 308 valence electrons. The van der Waals surface area contributed by atoms with Crippen molar-refractivity contribution in [3.63, 3.8) is 0 Å². The summed E-state index contributed by atoms with van der Waals surface area (Å²) in [5.74, 6) is 1.72. The molecule has 8 nitrogen and oxygen atoms in total. The Morgan fingerprint density at radius 3 is 1.20 bits per heavy atom. The fourth-order valence-corrected chi connectivity index (χ4v) is 9.12. The van der Waals surface area contributed by atoms with E-state index in [2.05, 4.69) is 149 Å². The molecular weight excluding hydrogens is 797 g/mol. The van der Waals surface area contributed by atoms with E-state index in [0.717, 1.165) is 89.0 Å². The van der Waals surface area contributed by atoms with Gasteiger partial charge in [0.15, 0.2) is 17.5 Å². The molecule has 0 saturated carbocycles. The average molecular weight is 837 g/mol. The van der Waals surface area contributed by atoms with E-state index in [9.17, 15) is 0 Å². The number of aryl methyl sites for hydroxylation is 2. The molecular formula is C57H40N8. The Bertz CT molecular complexity index is 3380. The van der Waals surface area contributed by atoms with Crippen LogP contribution in [0.2, 0.25) is 0 Å². The lowest BCUT2D eigenvalue weighted by atomic mass is 10.0. The molecule has 0 spiro atoms. The van der Waals surface area contributed by atoms with Crippen LogP contribution in [0.4, 0.5) is 17.1 Å². The van der Waals surface area contributed by atoms with Crippen LogP contribution in [0.3, 0.4) is 0 Å². The molecule has 0 N–H and O–H groups in total. The Morgan fingerprint density at radius 1 is 0.369 bits per heavy atom. The van der Waals surface area contributed by atoms with Gasteiger partial charge >= 0.3 is 0 Å². The van der Waals surface area contributed by atoms with E-state index in [1.807, 2.05) is 85.2 Å². The number of rotatable bonds is 8. The van der Waals surface area contributed by atoms with Crippen LogP contribution in [-0.4, -0.2) is 34.1 Å². The van der Waals surface area contributed by atoms with Gasteiger partial charge in [-0.1, -0.05) is 132 Å². The first-order valence-corrected chi connectivity index (χ1v) is 21.8. The van der Waals surface area contributed by atoms with Crippen molar-refractivity contribution in [3.05, 3.63) is 218 Å². The zero-order chi connectivity index (χ0) is 43.4. The maximum atomic E-state index is 5.32. The fourth-order valence-electron chi connectivity index (χ4n) is 9.12. The van der Waals surface area contributed by atoms with E-state index in [1.54, 1.807) is 0 Å². The van der Waals surface area contributed by atoms with Gasteiger partial charge in [-0.2, -0.15) is 0 Å². The van der Waals surface area contributed by atoms with E-state index < -0.39 is 0 Å². The molecule has 8 heteroatoms. The van der Waals surface area contributed by atoms with Gasteiger partial charge in [0.05, 0.1) is 50.2 Å². The van der Waals surface area contributed by atoms with Crippen LogP contribution in [0, 0.1) is 13.8 Å². The summed E-state index contributed by atoms with van der Waals surface area (Å²) in [6.07, 6.45) is 3.75. The second kappa shape index (κ2) is 15.6. The fraction of sp³-hybridized carbons (Fsp3) is 0.0351. The lowest BCUT2D eigenvalue weighted by Gasteiger charge is -2.32. The normalized spacial score (nSPS) is 11.5. The van der Waals surface area contributed by atoms with Gasteiger partial charge in [-0.3, -0.25) is 9.97 Å². The van der Waals surface area contributed by atoms with E-state index in [0.29, 0.717) is 17.5 Å². The zero-order valence-corrected chi connectivity index (χ0v) is 35.7. The Kier molecular flexibility index (Phi) is 9.08. The van der Waals surface area contributed by atoms with Crippen LogP contribution in [0.1, 0.15) is 11.1 Å². The topological polar surface area (TPSA) is 77.5 Å². The van der Waals surface area contributed by atoms with Gasteiger partial charge in [0, 0.05) is 51.2 Å². The number of hydrogen-bond donors (Lipinski definition) is 0. The molecule has 65 heavy (non-hydrogen) atoms. The third-order valence-corrected chi connectivity index (χ3v) is 12.2. The monoisotopic (exact) mass is 836 g/mol. The zero-order valence-electron chi connectivity index (χ0n) is 35.7. The molecule has 0 atom stereocenters. The standard InChI is InChI=1S/C57H40N8/c1-37-25-29-42(30-26-37)63(43-31-27-38(2)28-32-43)54-50(64-46-21-11-9-19-44(46)52-48(64)23-13-33-58-52)35-41(36-51(54)65-47-22-12-10-20-45(47)53-49(65)24-14-34-59-53)57-61-55(39-15-5-3-6-16-39)60-56(62-57)40-17-7-4-8-18-40/h3-36H,1-2H3. The second-order valence-electron chi connectivity index (χ2n) is 16.4. The number of benzene rings is 7. The Balaban J connectivity index is 1.30. The summed E-state index contributed by atoms with van der Waals surface area (Å²) in [6, 6.07) is 67.7. The number of nitrogens with zero attached hydrogens (tertiary/aromatic N) is 8. The first-order valence-electron chi connectivity index (χ1n) is 21.8. The van der Waals surface area contributed by atoms with Crippen molar-refractivity contribution in [2.24, 2.45) is 0 Å². The minimum absolute atomic E-state index is 0.543. The van der Waals surface area contributed by atoms with Crippen molar-refractivity contribution >= 4 is 60.9 Å². The van der Waals surface area contributed by atoms with E-state index >= 15 is 0 Å². The van der Waals surface area contributed by atoms with Gasteiger partial charge < -0.3 is 14.0 Å². The van der Waals surface area contributed by atoms with Gasteiger partial charge in [0.1, 0.15) is 0 Å². The SMILES string of the molecule is Cc1ccc(N(c2ccc(C)cc2)c2c(-n3c4ccccc4c4ncccc43)cc(-c3nc(-c4ccccc4)nc(-c4ccccc4)n3)cc2-n2c3ccccc3c3ncccc32)cc1. The molecule has 12 aromatic rings. The highest BCUT2D eigenvalue weighted by atomic mass is 15.2. The predicted octanol–water partition coefficient (Wildman–Crippen LogP) is 13.9. The van der Waals surface area contributed by atoms with Gasteiger partial charge in [-0.25, -0.2) is 15.0 Å². The van der Waals surface area contributed by atoms with Crippen LogP contribution in [-0.2, 0) is 0 Å². The molecule has 0 fully saturated rings. The molecule has 0 saturated heterocycles. The first kappa shape index (κ1) is 38.0. The highest BCUT2D eigenvalue weighted by Gasteiger charge is 2.29. The number of pyridine rings is 2. The van der Waals surface area contributed by atoms with Crippen LogP contribution in [0.5, 0.6) is 0 Å². The quantitative estimate of drug-likeness (QED) is 0.152. The van der Waals surface area contributed by atoms with E-state index in [-0.39, 0.29) is 0 Å². The van der Waals surface area contributed by atoms with Crippen molar-refractivity contribution in [3.8, 4) is 45.5 Å². The summed E-state index contributed by atoms with van der Waals surface area (Å²) in [6.45, 7) is 4.26. The van der Waals surface area contributed by atoms with Gasteiger partial charge in [0.25, 0.3) is 0 Å². The van der Waals surface area contributed by atoms with Crippen LogP contribution < -0.4 is 4.90 Å². The molecule has 0 aliphatic heterocycles. The minimum atomic E-state index is 0.543. The smallest absolute Gasteiger partial charge is 0.164 e. The molecule has 0 unspecified atom stereocenters. The highest BCUT2D eigenvalue weighted by Crippen LogP contribution is 2.48. The number of hydrogen-bond acceptors (Lipinski definition) is 6. The van der Waals surface area contributed by atoms with Crippen molar-refractivity contribution in [2.45, 2.75) is 13.8 Å². The summed E-state index contributed by atoms with van der Waals surface area (Å²) < 4.78 is 4.72. The lowest BCUT2D eigenvalue weighted by Crippen LogP contribution is -2.17. The van der Waals surface area contributed by atoms with Crippen LogP contribution >= 0.6 is 0 Å². The molecule has 0 aliphatic carbocycles. The predicted molar refractivity (Wildman–Crippen MR) is 265 cm³/mol. The summed E-state index contributed by atoms with van der Waals surface area (Å²) in [5, 5.41) is 2.11. The third kappa shape index (κ3) is 6.50. The summed E-state index contributed by atoms with van der Waals surface area (Å²) >= 11 is 0. The molecule has 7 aromatic carbocycles. The molecule has 12 rings (SSSR count). The van der Waals surface area contributed by atoms with Crippen molar-refractivity contribution in [2.75, 3.05) is 4.90 Å². The van der Waals surface area contributed by atoms with E-state index in [4.69, 9.17) is 24.9 Å². The molecule has 0 aliphatic rings. The number of fused-ring (bicyclic) bond motifs is 6. The summed E-state index contributed by atoms with van der Waals surface area (Å²) in [5.41, 5.74) is 15.6. The first-order chi connectivity index (χ1) is 32.1. The van der Waals surface area contributed by atoms with Crippen molar-refractivity contribution < 1.29 is 0 Å². The molecule has 0 amide bonds. The van der Waals surface area contributed by atoms with Crippen molar-refractivity contribution in [1.29, 1.82) is 0 Å². The Hall–Kier alpha value is -8.75. The van der Waals surface area contributed by atoms with Gasteiger partial charge in [0.2, 0.25) is 0 Å². The van der Waals surface area contributed by atoms with Crippen molar-refractivity contribution in [1.82, 2.24) is 34.1 Å². The van der Waals surface area contributed by atoms with Gasteiger partial charge in [-0.05, 0) is 86.6 Å². The van der Waals surface area contributed by atoms with E-state index in [1.165, 1.54) is 11.1 Å². The maximum absolute atomic E-state index is 5.32. The highest BCUT2D eigenvalue weighted by molar-refractivity contribution is 6.10. The molecule has 0 bridgehead atoms. The van der Waals surface area contributed by atoms with Crippen LogP contribution in [0.15, 0.2) is 207 Å². The van der Waals surface area contributed by atoms with Crippen LogP contribution in [0.25, 0.3) is 89.4 Å². The second-order valence-corrected chi connectivity index (χ2v) is 16.4. The largest absolute Gasteiger partial charge is 0.307 e. The minimum Gasteiger partial charge on any atom is -0.307 e. The summed E-state index contributed by atoms with van der Waals surface area (Å²) in [7, 11) is 0. The number of anilines is 3. The molecule has 5 heterocycles. The Labute approximate surface area is 375 Å².